The highest BCUT2D eigenvalue weighted by Gasteiger charge is 2.28. The van der Waals surface area contributed by atoms with Gasteiger partial charge in [-0.25, -0.2) is 28.3 Å². The van der Waals surface area contributed by atoms with Crippen LogP contribution in [0.4, 0.5) is 29.7 Å². The molecule has 0 unspecified atom stereocenters. The standard InChI is InChI=1S/C54H56F2N10O4/c1-35-18-20-66(52(68)59-35)42-15-10-37(11-16-42)7-5-6-19-62-21-25-64(26-22-62)53(69)65-27-23-63(24-28-65)33-38-8-12-39(13-9-38)48-32-45-49(57-34-58-50(45)60-48)44-30-41(55)31-47(36(44)2)61-51(67)43-17-14-40(29-46(43)56)54(3,4)70/h8-17,29-32,34,70H,1,6,18-28,33H2,2-4H3,(H,59,68)(H,61,67)(H,57,58,60). The lowest BCUT2D eigenvalue weighted by Crippen LogP contribution is -2.56. The third kappa shape index (κ3) is 10.7. The molecule has 0 atom stereocenters. The SMILES string of the molecule is C=C1CCN(c2ccc(C#CCCN3CCN(C(=O)N4CCN(Cc5ccc(-c6cc7c(-c8cc(F)cc(NC(=O)c9ccc(C(C)(C)O)cc9F)c8C)ncnc7[nH]6)cc5)CC4)CC3)cc2)C(=O)N1. The van der Waals surface area contributed by atoms with Crippen LogP contribution in [-0.2, 0) is 12.1 Å². The number of hydrogen-bond donors (Lipinski definition) is 4. The summed E-state index contributed by atoms with van der Waals surface area (Å²) in [7, 11) is 0. The van der Waals surface area contributed by atoms with Crippen molar-refractivity contribution in [3.8, 4) is 34.4 Å². The number of H-pyrrole nitrogens is 1. The highest BCUT2D eigenvalue weighted by Crippen LogP contribution is 2.35. The van der Waals surface area contributed by atoms with E-state index >= 15 is 8.78 Å². The van der Waals surface area contributed by atoms with Gasteiger partial charge >= 0.3 is 12.1 Å². The predicted octanol–water partition coefficient (Wildman–Crippen LogP) is 8.09. The Morgan fingerprint density at radius 2 is 1.56 bits per heavy atom. The first-order valence-electron chi connectivity index (χ1n) is 23.6. The molecule has 0 radical (unpaired) electrons. The van der Waals surface area contributed by atoms with Crippen LogP contribution in [0.2, 0.25) is 0 Å². The number of nitrogens with zero attached hydrogens (tertiary/aromatic N) is 7. The molecule has 5 amide bonds. The van der Waals surface area contributed by atoms with Crippen LogP contribution >= 0.6 is 0 Å². The highest BCUT2D eigenvalue weighted by atomic mass is 19.1. The Morgan fingerprint density at radius 1 is 0.857 bits per heavy atom. The second-order valence-corrected chi connectivity index (χ2v) is 18.6. The zero-order valence-electron chi connectivity index (χ0n) is 39.6. The number of hydrogen-bond acceptors (Lipinski definition) is 8. The molecule has 6 aromatic rings. The maximum Gasteiger partial charge on any atom is 0.326 e. The van der Waals surface area contributed by atoms with Gasteiger partial charge in [0, 0.05) is 124 Å². The molecule has 0 aliphatic carbocycles. The number of fused-ring (bicyclic) bond motifs is 1. The highest BCUT2D eigenvalue weighted by molar-refractivity contribution is 6.06. The van der Waals surface area contributed by atoms with Crippen molar-refractivity contribution < 1.29 is 28.3 Å². The second kappa shape index (κ2) is 20.3. The summed E-state index contributed by atoms with van der Waals surface area (Å²) in [6.45, 7) is 16.7. The lowest BCUT2D eigenvalue weighted by atomic mass is 9.96. The maximum atomic E-state index is 15.2. The molecule has 4 aromatic carbocycles. The summed E-state index contributed by atoms with van der Waals surface area (Å²) in [4.78, 5) is 61.7. The molecular weight excluding hydrogens is 891 g/mol. The van der Waals surface area contributed by atoms with Gasteiger partial charge in [0.1, 0.15) is 23.6 Å². The number of piperazine rings is 2. The average Bonchev–Trinajstić information content (AvgIpc) is 3.79. The normalized spacial score (nSPS) is 16.0. The van der Waals surface area contributed by atoms with E-state index in [1.54, 1.807) is 11.8 Å². The minimum Gasteiger partial charge on any atom is -0.386 e. The molecule has 3 saturated heterocycles. The van der Waals surface area contributed by atoms with E-state index in [4.69, 9.17) is 0 Å². The zero-order valence-corrected chi connectivity index (χ0v) is 39.6. The number of anilines is 2. The summed E-state index contributed by atoms with van der Waals surface area (Å²) >= 11 is 0. The smallest absolute Gasteiger partial charge is 0.326 e. The third-order valence-electron chi connectivity index (χ3n) is 13.3. The van der Waals surface area contributed by atoms with Gasteiger partial charge in [0.2, 0.25) is 0 Å². The number of aliphatic hydroxyl groups is 1. The molecule has 16 heteroatoms. The van der Waals surface area contributed by atoms with E-state index in [0.29, 0.717) is 66.1 Å². The number of urea groups is 2. The van der Waals surface area contributed by atoms with Crippen LogP contribution in [0.1, 0.15) is 59.3 Å². The number of aromatic amines is 1. The number of benzene rings is 4. The molecule has 3 fully saturated rings. The molecule has 0 bridgehead atoms. The van der Waals surface area contributed by atoms with Crippen LogP contribution in [0.3, 0.4) is 0 Å². The van der Waals surface area contributed by atoms with Gasteiger partial charge in [-0.1, -0.05) is 48.8 Å². The first kappa shape index (κ1) is 47.6. The molecule has 3 aliphatic rings. The van der Waals surface area contributed by atoms with Crippen molar-refractivity contribution in [3.05, 3.63) is 143 Å². The van der Waals surface area contributed by atoms with E-state index in [-0.39, 0.29) is 23.3 Å². The lowest BCUT2D eigenvalue weighted by molar-refractivity contribution is 0.0780. The van der Waals surface area contributed by atoms with Crippen LogP contribution in [-0.4, -0.2) is 123 Å². The molecule has 5 heterocycles. The fourth-order valence-electron chi connectivity index (χ4n) is 9.12. The summed E-state index contributed by atoms with van der Waals surface area (Å²) in [5, 5.41) is 16.4. The van der Waals surface area contributed by atoms with Crippen LogP contribution in [0.25, 0.3) is 33.5 Å². The first-order valence-corrected chi connectivity index (χ1v) is 23.6. The Hall–Kier alpha value is -7.45. The number of rotatable bonds is 10. The summed E-state index contributed by atoms with van der Waals surface area (Å²) in [5.41, 5.74) is 6.32. The number of carbonyl (C=O) groups is 3. The summed E-state index contributed by atoms with van der Waals surface area (Å²) in [6, 6.07) is 24.3. The second-order valence-electron chi connectivity index (χ2n) is 18.6. The fraction of sp³-hybridized carbons (Fsp3) is 0.315. The molecule has 3 aliphatic heterocycles. The van der Waals surface area contributed by atoms with Gasteiger partial charge in [0.15, 0.2) is 0 Å². The van der Waals surface area contributed by atoms with Crippen LogP contribution in [0.15, 0.2) is 104 Å². The minimum absolute atomic E-state index is 0.104. The minimum atomic E-state index is -1.29. The van der Waals surface area contributed by atoms with E-state index in [1.165, 1.54) is 44.4 Å². The summed E-state index contributed by atoms with van der Waals surface area (Å²) in [5.74, 6) is 4.35. The average molecular weight is 947 g/mol. The molecule has 0 spiro atoms. The van der Waals surface area contributed by atoms with E-state index in [1.807, 2.05) is 52.3 Å². The van der Waals surface area contributed by atoms with Crippen molar-refractivity contribution in [2.24, 2.45) is 0 Å². The van der Waals surface area contributed by atoms with Gasteiger partial charge in [0.25, 0.3) is 5.91 Å². The van der Waals surface area contributed by atoms with Crippen molar-refractivity contribution in [2.75, 3.05) is 75.7 Å². The van der Waals surface area contributed by atoms with Gasteiger partial charge in [-0.2, -0.15) is 0 Å². The lowest BCUT2D eigenvalue weighted by Gasteiger charge is -2.40. The van der Waals surface area contributed by atoms with Crippen LogP contribution in [0.5, 0.6) is 0 Å². The van der Waals surface area contributed by atoms with Gasteiger partial charge in [-0.3, -0.25) is 19.5 Å². The molecule has 2 aromatic heterocycles. The fourth-order valence-corrected chi connectivity index (χ4v) is 9.12. The van der Waals surface area contributed by atoms with Crippen LogP contribution < -0.4 is 15.5 Å². The van der Waals surface area contributed by atoms with E-state index in [9.17, 15) is 19.5 Å². The van der Waals surface area contributed by atoms with Crippen molar-refractivity contribution in [1.82, 2.24) is 39.9 Å². The predicted molar refractivity (Wildman–Crippen MR) is 267 cm³/mol. The zero-order chi connectivity index (χ0) is 49.1. The largest absolute Gasteiger partial charge is 0.386 e. The molecule has 4 N–H and O–H groups in total. The van der Waals surface area contributed by atoms with Gasteiger partial charge < -0.3 is 30.5 Å². The van der Waals surface area contributed by atoms with Crippen molar-refractivity contribution in [3.63, 3.8) is 0 Å². The molecule has 14 nitrogen and oxygen atoms in total. The number of carbonyl (C=O) groups excluding carboxylic acids is 3. The Balaban J connectivity index is 0.744. The molecule has 70 heavy (non-hydrogen) atoms. The quantitative estimate of drug-likeness (QED) is 0.101. The van der Waals surface area contributed by atoms with Gasteiger partial charge in [0.05, 0.1) is 16.9 Å². The molecule has 360 valence electrons. The summed E-state index contributed by atoms with van der Waals surface area (Å²) < 4.78 is 30.2. The van der Waals surface area contributed by atoms with Crippen molar-refractivity contribution in [1.29, 1.82) is 0 Å². The van der Waals surface area contributed by atoms with E-state index in [0.717, 1.165) is 91.9 Å². The number of aromatic nitrogens is 3. The van der Waals surface area contributed by atoms with E-state index in [2.05, 4.69) is 65.9 Å². The number of halogens is 2. The number of nitrogens with one attached hydrogen (secondary N) is 3. The van der Waals surface area contributed by atoms with Gasteiger partial charge in [-0.05, 0) is 97.6 Å². The van der Waals surface area contributed by atoms with E-state index < -0.39 is 23.1 Å². The Bertz CT molecular complexity index is 3010. The molecule has 0 saturated carbocycles. The Labute approximate surface area is 406 Å². The van der Waals surface area contributed by atoms with Crippen molar-refractivity contribution >= 4 is 40.4 Å². The van der Waals surface area contributed by atoms with Crippen LogP contribution in [0, 0.1) is 30.4 Å². The third-order valence-corrected chi connectivity index (χ3v) is 13.3. The number of amides is 5. The molecular formula is C54H56F2N10O4. The first-order chi connectivity index (χ1) is 33.7. The maximum absolute atomic E-state index is 15.2. The topological polar surface area (TPSA) is 153 Å². The molecule has 9 rings (SSSR count). The Morgan fingerprint density at radius 3 is 2.23 bits per heavy atom. The van der Waals surface area contributed by atoms with Gasteiger partial charge in [-0.15, -0.1) is 0 Å². The summed E-state index contributed by atoms with van der Waals surface area (Å²) in [6.07, 6.45) is 2.85. The monoisotopic (exact) mass is 946 g/mol. The van der Waals surface area contributed by atoms with Crippen molar-refractivity contribution in [2.45, 2.75) is 45.8 Å². The Kier molecular flexibility index (Phi) is 13.8.